The predicted molar refractivity (Wildman–Crippen MR) is 139 cm³/mol. The average molecular weight is 517 g/mol. The van der Waals surface area contributed by atoms with Crippen molar-refractivity contribution < 1.29 is 9.90 Å². The zero-order valence-electron chi connectivity index (χ0n) is 19.4. The molecule has 0 saturated carbocycles. The molecule has 0 bridgehead atoms. The first-order chi connectivity index (χ1) is 17.1. The van der Waals surface area contributed by atoms with Gasteiger partial charge in [-0.25, -0.2) is 0 Å². The van der Waals surface area contributed by atoms with Crippen LogP contribution in [0.25, 0.3) is 0 Å². The maximum Gasteiger partial charge on any atom is 0.244 e. The molecule has 10 nitrogen and oxygen atoms in total. The molecule has 2 aromatic heterocycles. The summed E-state index contributed by atoms with van der Waals surface area (Å²) in [7, 11) is 1.73. The van der Waals surface area contributed by atoms with Crippen LogP contribution in [-0.4, -0.2) is 65.3 Å². The predicted octanol–water partition coefficient (Wildman–Crippen LogP) is 2.26. The summed E-state index contributed by atoms with van der Waals surface area (Å²) in [6, 6.07) is 10.6. The van der Waals surface area contributed by atoms with Crippen LogP contribution in [-0.2, 0) is 11.3 Å². The molecule has 0 spiro atoms. The number of carbonyl (C=O) groups is 1. The van der Waals surface area contributed by atoms with Gasteiger partial charge in [0.2, 0.25) is 23.8 Å². The van der Waals surface area contributed by atoms with Gasteiger partial charge in [-0.2, -0.15) is 15.0 Å². The molecular formula is C23H29ClN8O2S. The van der Waals surface area contributed by atoms with Gasteiger partial charge in [-0.3, -0.25) is 4.79 Å². The molecule has 0 radical (unpaired) electrons. The summed E-state index contributed by atoms with van der Waals surface area (Å²) in [4.78, 5) is 29.7. The number of thiophene rings is 1. The molecule has 1 aliphatic rings. The van der Waals surface area contributed by atoms with Crippen molar-refractivity contribution in [2.75, 3.05) is 48.8 Å². The summed E-state index contributed by atoms with van der Waals surface area (Å²) in [5.41, 5.74) is 0.837. The highest BCUT2D eigenvalue weighted by Crippen LogP contribution is 2.28. The molecule has 35 heavy (non-hydrogen) atoms. The molecule has 5 N–H and O–H groups in total. The van der Waals surface area contributed by atoms with E-state index in [-0.39, 0.29) is 18.6 Å². The third-order valence-corrected chi connectivity index (χ3v) is 6.89. The third kappa shape index (κ3) is 6.37. The number of nitrogens with one attached hydrogen (secondary N) is 4. The monoisotopic (exact) mass is 516 g/mol. The molecule has 3 heterocycles. The number of carbonyl (C=O) groups excluding carboxylic acids is 1. The highest BCUT2D eigenvalue weighted by Gasteiger charge is 2.31. The van der Waals surface area contributed by atoms with Gasteiger partial charge in [0.25, 0.3) is 0 Å². The Labute approximate surface area is 213 Å². The van der Waals surface area contributed by atoms with E-state index in [9.17, 15) is 9.90 Å². The van der Waals surface area contributed by atoms with Crippen molar-refractivity contribution in [1.82, 2.24) is 25.6 Å². The lowest BCUT2D eigenvalue weighted by Crippen LogP contribution is -2.58. The first-order valence-electron chi connectivity index (χ1n) is 11.4. The van der Waals surface area contributed by atoms with E-state index in [1.54, 1.807) is 24.5 Å². The van der Waals surface area contributed by atoms with Gasteiger partial charge in [0.05, 0.1) is 12.6 Å². The summed E-state index contributed by atoms with van der Waals surface area (Å²) in [6.45, 7) is 2.18. The highest BCUT2D eigenvalue weighted by atomic mass is 35.5. The lowest BCUT2D eigenvalue weighted by molar-refractivity contribution is -0.122. The van der Waals surface area contributed by atoms with E-state index in [4.69, 9.17) is 11.6 Å². The molecule has 2 unspecified atom stereocenters. The van der Waals surface area contributed by atoms with Crippen molar-refractivity contribution in [3.05, 3.63) is 57.2 Å². The van der Waals surface area contributed by atoms with Crippen molar-refractivity contribution in [2.45, 2.75) is 25.0 Å². The van der Waals surface area contributed by atoms with Gasteiger partial charge < -0.3 is 31.3 Å². The van der Waals surface area contributed by atoms with Crippen LogP contribution in [0, 0.1) is 0 Å². The molecule has 1 amide bonds. The van der Waals surface area contributed by atoms with Gasteiger partial charge in [-0.1, -0.05) is 35.9 Å². The maximum absolute atomic E-state index is 13.1. The highest BCUT2D eigenvalue weighted by molar-refractivity contribution is 7.09. The number of amides is 1. The first kappa shape index (κ1) is 25.1. The fourth-order valence-electron chi connectivity index (χ4n) is 3.90. The SMILES string of the molecule is CNc1nc(NC(CCO)c2ccccc2Cl)nc(N2CCNCC2C(=O)NCc2cccs2)n1. The molecule has 3 aromatic rings. The molecule has 186 valence electrons. The third-order valence-electron chi connectivity index (χ3n) is 5.67. The lowest BCUT2D eigenvalue weighted by atomic mass is 10.0. The molecule has 4 rings (SSSR count). The minimum Gasteiger partial charge on any atom is -0.396 e. The molecule has 1 fully saturated rings. The lowest BCUT2D eigenvalue weighted by Gasteiger charge is -2.35. The van der Waals surface area contributed by atoms with E-state index in [1.165, 1.54) is 0 Å². The van der Waals surface area contributed by atoms with Crippen LogP contribution in [0.5, 0.6) is 0 Å². The molecule has 1 saturated heterocycles. The minimum atomic E-state index is -0.472. The Bertz CT molecular complexity index is 1120. The van der Waals surface area contributed by atoms with Crippen LogP contribution in [0.1, 0.15) is 22.9 Å². The topological polar surface area (TPSA) is 127 Å². The summed E-state index contributed by atoms with van der Waals surface area (Å²) >= 11 is 8.01. The molecule has 1 aromatic carbocycles. The van der Waals surface area contributed by atoms with E-state index in [2.05, 4.69) is 36.2 Å². The van der Waals surface area contributed by atoms with E-state index in [1.807, 2.05) is 40.6 Å². The molecule has 2 atom stereocenters. The smallest absolute Gasteiger partial charge is 0.244 e. The van der Waals surface area contributed by atoms with Crippen LogP contribution < -0.4 is 26.2 Å². The number of benzene rings is 1. The standard InChI is InChI=1S/C23H29ClN8O2S/c1-25-21-29-22(28-18(8-11-33)16-6-2-3-7-17(16)24)31-23(30-21)32-10-9-26-14-19(32)20(34)27-13-15-5-4-12-35-15/h2-7,12,18-19,26,33H,8-11,13-14H2,1H3,(H,27,34)(H2,25,28,29,30,31). The fraction of sp³-hybridized carbons (Fsp3) is 0.391. The second kappa shape index (κ2) is 12.1. The van der Waals surface area contributed by atoms with Crippen molar-refractivity contribution in [2.24, 2.45) is 0 Å². The van der Waals surface area contributed by atoms with Crippen LogP contribution >= 0.6 is 22.9 Å². The van der Waals surface area contributed by atoms with Gasteiger partial charge >= 0.3 is 0 Å². The minimum absolute atomic E-state index is 0.0377. The fourth-order valence-corrected chi connectivity index (χ4v) is 4.81. The maximum atomic E-state index is 13.1. The normalized spacial score (nSPS) is 16.5. The van der Waals surface area contributed by atoms with Gasteiger partial charge in [0.15, 0.2) is 0 Å². The van der Waals surface area contributed by atoms with Crippen LogP contribution in [0.15, 0.2) is 41.8 Å². The second-order valence-electron chi connectivity index (χ2n) is 7.97. The molecular weight excluding hydrogens is 488 g/mol. The Morgan fingerprint density at radius 3 is 2.83 bits per heavy atom. The van der Waals surface area contributed by atoms with E-state index < -0.39 is 6.04 Å². The summed E-state index contributed by atoms with van der Waals surface area (Å²) in [5.74, 6) is 0.997. The number of anilines is 3. The van der Waals surface area contributed by atoms with Gasteiger partial charge in [-0.15, -0.1) is 11.3 Å². The Kier molecular flexibility index (Phi) is 8.69. The molecule has 0 aliphatic carbocycles. The summed E-state index contributed by atoms with van der Waals surface area (Å²) in [5, 5.41) is 24.8. The van der Waals surface area contributed by atoms with Crippen molar-refractivity contribution in [3.63, 3.8) is 0 Å². The largest absolute Gasteiger partial charge is 0.396 e. The number of aromatic nitrogens is 3. The Morgan fingerprint density at radius 2 is 2.09 bits per heavy atom. The quantitative estimate of drug-likeness (QED) is 0.275. The van der Waals surface area contributed by atoms with Crippen LogP contribution in [0.2, 0.25) is 5.02 Å². The number of hydrogen-bond donors (Lipinski definition) is 5. The average Bonchev–Trinajstić information content (AvgIpc) is 3.41. The van der Waals surface area contributed by atoms with E-state index in [0.717, 1.165) is 10.4 Å². The number of rotatable bonds is 10. The Hall–Kier alpha value is -2.99. The van der Waals surface area contributed by atoms with Crippen molar-refractivity contribution in [3.8, 4) is 0 Å². The van der Waals surface area contributed by atoms with Crippen LogP contribution in [0.4, 0.5) is 17.8 Å². The van der Waals surface area contributed by atoms with E-state index in [0.29, 0.717) is 55.5 Å². The van der Waals surface area contributed by atoms with E-state index >= 15 is 0 Å². The number of aliphatic hydroxyl groups excluding tert-OH is 1. The Balaban J connectivity index is 1.57. The Morgan fingerprint density at radius 1 is 1.26 bits per heavy atom. The number of halogens is 1. The van der Waals surface area contributed by atoms with Gasteiger partial charge in [0, 0.05) is 43.2 Å². The summed E-state index contributed by atoms with van der Waals surface area (Å²) in [6.07, 6.45) is 0.418. The summed E-state index contributed by atoms with van der Waals surface area (Å²) < 4.78 is 0. The van der Waals surface area contributed by atoms with Crippen molar-refractivity contribution >= 4 is 46.7 Å². The zero-order chi connectivity index (χ0) is 24.6. The molecule has 12 heteroatoms. The molecule has 1 aliphatic heterocycles. The van der Waals surface area contributed by atoms with Gasteiger partial charge in [-0.05, 0) is 29.5 Å². The second-order valence-corrected chi connectivity index (χ2v) is 9.41. The van der Waals surface area contributed by atoms with Gasteiger partial charge in [0.1, 0.15) is 6.04 Å². The zero-order valence-corrected chi connectivity index (χ0v) is 20.9. The first-order valence-corrected chi connectivity index (χ1v) is 12.7. The number of hydrogen-bond acceptors (Lipinski definition) is 10. The number of aliphatic hydroxyl groups is 1. The van der Waals surface area contributed by atoms with Crippen LogP contribution in [0.3, 0.4) is 0 Å². The number of piperazine rings is 1. The number of nitrogens with zero attached hydrogens (tertiary/aromatic N) is 4. The van der Waals surface area contributed by atoms with Crippen molar-refractivity contribution in [1.29, 1.82) is 0 Å².